The molecule has 30 heavy (non-hydrogen) atoms. The molecule has 0 spiro atoms. The Kier molecular flexibility index (Phi) is 5.52. The normalized spacial score (nSPS) is 19.2. The van der Waals surface area contributed by atoms with Crippen molar-refractivity contribution in [1.29, 1.82) is 0 Å². The molecule has 3 rings (SSSR count). The molecule has 0 aromatic heterocycles. The van der Waals surface area contributed by atoms with Crippen LogP contribution in [0.5, 0.6) is 0 Å². The summed E-state index contributed by atoms with van der Waals surface area (Å²) in [7, 11) is 0. The fourth-order valence-corrected chi connectivity index (χ4v) is 3.61. The van der Waals surface area contributed by atoms with E-state index in [9.17, 15) is 27.6 Å². The van der Waals surface area contributed by atoms with Crippen molar-refractivity contribution in [3.8, 4) is 0 Å². The highest BCUT2D eigenvalue weighted by molar-refractivity contribution is 6.18. The summed E-state index contributed by atoms with van der Waals surface area (Å²) >= 11 is 0. The van der Waals surface area contributed by atoms with E-state index in [-0.39, 0.29) is 17.8 Å². The number of halogens is 3. The molecule has 8 heteroatoms. The number of amides is 2. The number of hydrogen-bond acceptors (Lipinski definition) is 3. The summed E-state index contributed by atoms with van der Waals surface area (Å²) in [4.78, 5) is 39.0. The van der Waals surface area contributed by atoms with Crippen LogP contribution in [0.4, 0.5) is 13.2 Å². The second-order valence-electron chi connectivity index (χ2n) is 6.96. The van der Waals surface area contributed by atoms with Gasteiger partial charge in [-0.3, -0.25) is 14.4 Å². The molecule has 2 aromatic carbocycles. The standard InChI is InChI=1S/C22H19F3N2O3/c1-14-18(19(29)17-11-7-4-8-12-17)21(22(23,24)25,26-15(2)28)20(30)27(14)13-16-9-5-3-6-10-16/h3-12H,13H2,1-2H3,(H,26,28)/t21-/m1/s1. The van der Waals surface area contributed by atoms with E-state index in [1.807, 2.05) is 0 Å². The predicted octanol–water partition coefficient (Wildman–Crippen LogP) is 3.62. The third-order valence-electron chi connectivity index (χ3n) is 4.94. The van der Waals surface area contributed by atoms with Gasteiger partial charge < -0.3 is 10.2 Å². The predicted molar refractivity (Wildman–Crippen MR) is 103 cm³/mol. The molecule has 0 fully saturated rings. The van der Waals surface area contributed by atoms with Crippen LogP contribution in [-0.2, 0) is 16.1 Å². The van der Waals surface area contributed by atoms with Crippen molar-refractivity contribution in [3.63, 3.8) is 0 Å². The molecule has 1 aliphatic rings. The summed E-state index contributed by atoms with van der Waals surface area (Å²) in [5.74, 6) is -3.46. The summed E-state index contributed by atoms with van der Waals surface area (Å²) in [5, 5.41) is 1.76. The lowest BCUT2D eigenvalue weighted by molar-refractivity contribution is -0.193. The lowest BCUT2D eigenvalue weighted by Gasteiger charge is -2.33. The van der Waals surface area contributed by atoms with E-state index in [0.29, 0.717) is 5.56 Å². The van der Waals surface area contributed by atoms with Crippen molar-refractivity contribution in [1.82, 2.24) is 10.2 Å². The number of alkyl halides is 3. The number of benzene rings is 2. The first kappa shape index (κ1) is 21.3. The number of carbonyl (C=O) groups is 3. The van der Waals surface area contributed by atoms with Crippen LogP contribution in [0.2, 0.25) is 0 Å². The summed E-state index contributed by atoms with van der Waals surface area (Å²) in [6.45, 7) is 1.99. The van der Waals surface area contributed by atoms with Gasteiger partial charge in [-0.05, 0) is 12.5 Å². The number of hydrogen-bond donors (Lipinski definition) is 1. The average molecular weight is 416 g/mol. The van der Waals surface area contributed by atoms with Crippen LogP contribution in [0.3, 0.4) is 0 Å². The van der Waals surface area contributed by atoms with Gasteiger partial charge in [-0.1, -0.05) is 60.7 Å². The number of nitrogens with zero attached hydrogens (tertiary/aromatic N) is 1. The number of Topliss-reactive ketones (excluding diaryl/α,β-unsaturated/α-hetero) is 1. The van der Waals surface area contributed by atoms with E-state index in [4.69, 9.17) is 0 Å². The van der Waals surface area contributed by atoms with Gasteiger partial charge in [0.1, 0.15) is 0 Å². The zero-order chi connectivity index (χ0) is 22.1. The molecule has 1 aliphatic heterocycles. The van der Waals surface area contributed by atoms with Gasteiger partial charge in [-0.25, -0.2) is 0 Å². The number of allylic oxidation sites excluding steroid dienone is 1. The van der Waals surface area contributed by atoms with Gasteiger partial charge in [0.25, 0.3) is 5.91 Å². The van der Waals surface area contributed by atoms with Gasteiger partial charge >= 0.3 is 6.18 Å². The zero-order valence-corrected chi connectivity index (χ0v) is 16.3. The van der Waals surface area contributed by atoms with Gasteiger partial charge in [-0.2, -0.15) is 13.2 Å². The van der Waals surface area contributed by atoms with E-state index in [0.717, 1.165) is 11.8 Å². The minimum Gasteiger partial charge on any atom is -0.331 e. The van der Waals surface area contributed by atoms with Gasteiger partial charge in [0.05, 0.1) is 12.1 Å². The van der Waals surface area contributed by atoms with Gasteiger partial charge in [0, 0.05) is 18.2 Å². The highest BCUT2D eigenvalue weighted by atomic mass is 19.4. The van der Waals surface area contributed by atoms with Crippen molar-refractivity contribution in [3.05, 3.63) is 83.1 Å². The minimum atomic E-state index is -5.23. The van der Waals surface area contributed by atoms with Crippen molar-refractivity contribution < 1.29 is 27.6 Å². The first-order valence-corrected chi connectivity index (χ1v) is 9.12. The summed E-state index contributed by atoms with van der Waals surface area (Å²) in [6, 6.07) is 15.8. The molecule has 156 valence electrons. The van der Waals surface area contributed by atoms with Crippen molar-refractivity contribution >= 4 is 17.6 Å². The van der Waals surface area contributed by atoms with Crippen LogP contribution in [0.15, 0.2) is 71.9 Å². The molecule has 2 aromatic rings. The van der Waals surface area contributed by atoms with Crippen molar-refractivity contribution in [2.75, 3.05) is 0 Å². The largest absolute Gasteiger partial charge is 0.425 e. The highest BCUT2D eigenvalue weighted by Crippen LogP contribution is 2.46. The zero-order valence-electron chi connectivity index (χ0n) is 16.3. The molecule has 1 atom stereocenters. The Morgan fingerprint density at radius 3 is 2.03 bits per heavy atom. The Hall–Kier alpha value is -3.42. The van der Waals surface area contributed by atoms with E-state index in [1.165, 1.54) is 31.2 Å². The van der Waals surface area contributed by atoms with Crippen LogP contribution >= 0.6 is 0 Å². The molecule has 0 radical (unpaired) electrons. The van der Waals surface area contributed by atoms with E-state index in [2.05, 4.69) is 0 Å². The molecule has 0 bridgehead atoms. The Morgan fingerprint density at radius 1 is 1.00 bits per heavy atom. The van der Waals surface area contributed by atoms with Gasteiger partial charge in [0.15, 0.2) is 5.78 Å². The molecular weight excluding hydrogens is 397 g/mol. The summed E-state index contributed by atoms with van der Waals surface area (Å²) in [6.07, 6.45) is -5.23. The lowest BCUT2D eigenvalue weighted by Crippen LogP contribution is -2.65. The minimum absolute atomic E-state index is 0.0137. The summed E-state index contributed by atoms with van der Waals surface area (Å²) < 4.78 is 43.2. The van der Waals surface area contributed by atoms with Crippen LogP contribution < -0.4 is 5.32 Å². The number of rotatable bonds is 5. The topological polar surface area (TPSA) is 66.5 Å². The molecule has 1 heterocycles. The molecule has 1 N–H and O–H groups in total. The smallest absolute Gasteiger partial charge is 0.331 e. The molecular formula is C22H19F3N2O3. The summed E-state index contributed by atoms with van der Waals surface area (Å²) in [5.41, 5.74) is -3.83. The maximum Gasteiger partial charge on any atom is 0.425 e. The fourth-order valence-electron chi connectivity index (χ4n) is 3.61. The maximum absolute atomic E-state index is 14.4. The van der Waals surface area contributed by atoms with Gasteiger partial charge in [0.2, 0.25) is 11.4 Å². The van der Waals surface area contributed by atoms with Crippen LogP contribution in [0, 0.1) is 0 Å². The molecule has 0 unspecified atom stereocenters. The second kappa shape index (κ2) is 7.78. The molecule has 2 amide bonds. The van der Waals surface area contributed by atoms with E-state index in [1.54, 1.807) is 41.7 Å². The molecule has 0 saturated heterocycles. The SMILES string of the molecule is CC(=O)N[C@@]1(C(F)(F)F)C(=O)N(Cc2ccccc2)C(C)=C1C(=O)c1ccccc1. The monoisotopic (exact) mass is 416 g/mol. The fraction of sp³-hybridized carbons (Fsp3) is 0.227. The molecule has 5 nitrogen and oxygen atoms in total. The second-order valence-corrected chi connectivity index (χ2v) is 6.96. The van der Waals surface area contributed by atoms with Gasteiger partial charge in [-0.15, -0.1) is 0 Å². The van der Waals surface area contributed by atoms with Crippen LogP contribution in [0.25, 0.3) is 0 Å². The van der Waals surface area contributed by atoms with Crippen LogP contribution in [0.1, 0.15) is 29.8 Å². The molecule has 0 saturated carbocycles. The van der Waals surface area contributed by atoms with Crippen molar-refractivity contribution in [2.24, 2.45) is 0 Å². The number of ketones is 1. The highest BCUT2D eigenvalue weighted by Gasteiger charge is 2.70. The number of nitrogens with one attached hydrogen (secondary N) is 1. The lowest BCUT2D eigenvalue weighted by atomic mass is 9.84. The average Bonchev–Trinajstić information content (AvgIpc) is 2.90. The maximum atomic E-state index is 14.4. The van der Waals surface area contributed by atoms with E-state index >= 15 is 0 Å². The Balaban J connectivity index is 2.22. The van der Waals surface area contributed by atoms with Crippen LogP contribution in [-0.4, -0.2) is 34.2 Å². The Labute approximate surface area is 171 Å². The first-order valence-electron chi connectivity index (χ1n) is 9.12. The third-order valence-corrected chi connectivity index (χ3v) is 4.94. The first-order chi connectivity index (χ1) is 14.1. The Morgan fingerprint density at radius 2 is 1.53 bits per heavy atom. The number of carbonyl (C=O) groups excluding carboxylic acids is 3. The Bertz CT molecular complexity index is 1020. The molecule has 0 aliphatic carbocycles. The quantitative estimate of drug-likeness (QED) is 0.758. The van der Waals surface area contributed by atoms with E-state index < -0.39 is 34.9 Å². The third kappa shape index (κ3) is 3.49. The van der Waals surface area contributed by atoms with Crippen molar-refractivity contribution in [2.45, 2.75) is 32.1 Å².